The Morgan fingerprint density at radius 1 is 1.35 bits per heavy atom. The summed E-state index contributed by atoms with van der Waals surface area (Å²) < 4.78 is 5.69. The molecule has 1 aromatic rings. The molecule has 2 heterocycles. The van der Waals surface area contributed by atoms with Gasteiger partial charge in [-0.25, -0.2) is 0 Å². The zero-order valence-corrected chi connectivity index (χ0v) is 13.0. The summed E-state index contributed by atoms with van der Waals surface area (Å²) in [5.41, 5.74) is 6.54. The van der Waals surface area contributed by atoms with Crippen LogP contribution in [0.3, 0.4) is 0 Å². The molecular formula is C15H26N4O. The quantitative estimate of drug-likeness (QED) is 0.916. The second kappa shape index (κ2) is 6.31. The van der Waals surface area contributed by atoms with E-state index in [1.807, 2.05) is 26.0 Å². The fourth-order valence-electron chi connectivity index (χ4n) is 2.63. The second-order valence-electron chi connectivity index (χ2n) is 5.89. The van der Waals surface area contributed by atoms with Crippen LogP contribution in [0, 0.1) is 0 Å². The van der Waals surface area contributed by atoms with Crippen LogP contribution < -0.4 is 15.4 Å². The van der Waals surface area contributed by atoms with Gasteiger partial charge in [0, 0.05) is 19.1 Å². The second-order valence-corrected chi connectivity index (χ2v) is 5.89. The maximum atomic E-state index is 5.94. The first-order valence-corrected chi connectivity index (χ1v) is 7.35. The highest BCUT2D eigenvalue weighted by atomic mass is 16.5. The topological polar surface area (TPSA) is 54.6 Å². The van der Waals surface area contributed by atoms with Crippen molar-refractivity contribution in [2.45, 2.75) is 39.3 Å². The lowest BCUT2D eigenvalue weighted by atomic mass is 10.2. The molecule has 0 bridgehead atoms. The molecule has 0 saturated carbocycles. The standard InChI is InChI=1S/C15H26N4O/c1-11(2)20-15-13(16)6-7-14(17-15)19-9-5-8-18(4)10-12(19)3/h6-7,11-12H,5,8-10,16H2,1-4H3. The van der Waals surface area contributed by atoms with Crippen molar-refractivity contribution in [2.75, 3.05) is 37.3 Å². The summed E-state index contributed by atoms with van der Waals surface area (Å²) in [5, 5.41) is 0. The van der Waals surface area contributed by atoms with Crippen molar-refractivity contribution >= 4 is 11.5 Å². The van der Waals surface area contributed by atoms with Gasteiger partial charge in [-0.3, -0.25) is 0 Å². The van der Waals surface area contributed by atoms with Crippen molar-refractivity contribution < 1.29 is 4.74 Å². The first-order valence-electron chi connectivity index (χ1n) is 7.35. The Morgan fingerprint density at radius 2 is 2.10 bits per heavy atom. The van der Waals surface area contributed by atoms with Gasteiger partial charge in [0.15, 0.2) is 0 Å². The van der Waals surface area contributed by atoms with Crippen LogP contribution in [-0.2, 0) is 0 Å². The number of likely N-dealkylation sites (N-methyl/N-ethyl adjacent to an activating group) is 1. The molecule has 0 spiro atoms. The summed E-state index contributed by atoms with van der Waals surface area (Å²) in [6.45, 7) is 9.40. The number of aromatic nitrogens is 1. The molecule has 1 fully saturated rings. The summed E-state index contributed by atoms with van der Waals surface area (Å²) in [6.07, 6.45) is 1.22. The van der Waals surface area contributed by atoms with Crippen LogP contribution in [0.1, 0.15) is 27.2 Å². The highest BCUT2D eigenvalue weighted by Crippen LogP contribution is 2.26. The Labute approximate surface area is 121 Å². The highest BCUT2D eigenvalue weighted by Gasteiger charge is 2.21. The van der Waals surface area contributed by atoms with Gasteiger partial charge < -0.3 is 20.3 Å². The normalized spacial score (nSPS) is 21.1. The number of nitrogens with zero attached hydrogens (tertiary/aromatic N) is 3. The number of nitrogen functional groups attached to an aromatic ring is 1. The van der Waals surface area contributed by atoms with Gasteiger partial charge in [0.1, 0.15) is 5.82 Å². The van der Waals surface area contributed by atoms with Crippen LogP contribution in [0.5, 0.6) is 5.88 Å². The van der Waals surface area contributed by atoms with Crippen LogP contribution in [0.4, 0.5) is 11.5 Å². The molecule has 5 heteroatoms. The number of ether oxygens (including phenoxy) is 1. The van der Waals surface area contributed by atoms with Gasteiger partial charge in [0.25, 0.3) is 0 Å². The van der Waals surface area contributed by atoms with Crippen molar-refractivity contribution in [1.82, 2.24) is 9.88 Å². The van der Waals surface area contributed by atoms with Crippen molar-refractivity contribution in [3.8, 4) is 5.88 Å². The first kappa shape index (κ1) is 14.9. The fraction of sp³-hybridized carbons (Fsp3) is 0.667. The molecule has 1 aliphatic rings. The Kier molecular flexibility index (Phi) is 4.70. The Hall–Kier alpha value is -1.49. The van der Waals surface area contributed by atoms with Gasteiger partial charge in [-0.2, -0.15) is 4.98 Å². The maximum Gasteiger partial charge on any atom is 0.239 e. The number of hydrogen-bond acceptors (Lipinski definition) is 5. The molecule has 20 heavy (non-hydrogen) atoms. The minimum Gasteiger partial charge on any atom is -0.473 e. The van der Waals surface area contributed by atoms with Crippen LogP contribution in [-0.4, -0.2) is 48.7 Å². The molecule has 2 rings (SSSR count). The molecule has 1 aliphatic heterocycles. The average Bonchev–Trinajstić information content (AvgIpc) is 2.52. The van der Waals surface area contributed by atoms with E-state index in [2.05, 4.69) is 28.8 Å². The minimum absolute atomic E-state index is 0.0766. The minimum atomic E-state index is 0.0766. The van der Waals surface area contributed by atoms with Crippen molar-refractivity contribution in [2.24, 2.45) is 0 Å². The summed E-state index contributed by atoms with van der Waals surface area (Å²) >= 11 is 0. The SMILES string of the molecule is CC(C)Oc1nc(N2CCCN(C)CC2C)ccc1N. The van der Waals surface area contributed by atoms with Gasteiger partial charge >= 0.3 is 0 Å². The van der Waals surface area contributed by atoms with E-state index in [1.165, 1.54) is 0 Å². The lowest BCUT2D eigenvalue weighted by molar-refractivity contribution is 0.234. The molecule has 1 aromatic heterocycles. The number of nitrogens with two attached hydrogens (primary N) is 1. The first-order chi connectivity index (χ1) is 9.47. The van der Waals surface area contributed by atoms with E-state index in [4.69, 9.17) is 10.5 Å². The summed E-state index contributed by atoms with van der Waals surface area (Å²) in [5.74, 6) is 1.50. The van der Waals surface area contributed by atoms with Crippen molar-refractivity contribution in [1.29, 1.82) is 0 Å². The van der Waals surface area contributed by atoms with E-state index >= 15 is 0 Å². The molecule has 2 N–H and O–H groups in total. The molecular weight excluding hydrogens is 252 g/mol. The lowest BCUT2D eigenvalue weighted by Gasteiger charge is -2.29. The monoisotopic (exact) mass is 278 g/mol. The predicted molar refractivity (Wildman–Crippen MR) is 83.3 cm³/mol. The molecule has 1 atom stereocenters. The molecule has 1 saturated heterocycles. The largest absolute Gasteiger partial charge is 0.473 e. The van der Waals surface area contributed by atoms with Crippen molar-refractivity contribution in [3.05, 3.63) is 12.1 Å². The number of pyridine rings is 1. The molecule has 0 aromatic carbocycles. The zero-order chi connectivity index (χ0) is 14.7. The van der Waals surface area contributed by atoms with Gasteiger partial charge in [0.2, 0.25) is 5.88 Å². The van der Waals surface area contributed by atoms with E-state index in [0.717, 1.165) is 31.9 Å². The molecule has 0 radical (unpaired) electrons. The summed E-state index contributed by atoms with van der Waals surface area (Å²) in [7, 11) is 2.17. The van der Waals surface area contributed by atoms with Gasteiger partial charge in [-0.15, -0.1) is 0 Å². The Balaban J connectivity index is 2.22. The van der Waals surface area contributed by atoms with Crippen LogP contribution >= 0.6 is 0 Å². The van der Waals surface area contributed by atoms with E-state index < -0.39 is 0 Å². The van der Waals surface area contributed by atoms with Crippen LogP contribution in [0.25, 0.3) is 0 Å². The van der Waals surface area contributed by atoms with E-state index in [0.29, 0.717) is 17.6 Å². The Morgan fingerprint density at radius 3 is 2.80 bits per heavy atom. The van der Waals surface area contributed by atoms with E-state index in [1.54, 1.807) is 0 Å². The van der Waals surface area contributed by atoms with Crippen LogP contribution in [0.2, 0.25) is 0 Å². The van der Waals surface area contributed by atoms with Crippen molar-refractivity contribution in [3.63, 3.8) is 0 Å². The van der Waals surface area contributed by atoms with Crippen LogP contribution in [0.15, 0.2) is 12.1 Å². The summed E-state index contributed by atoms with van der Waals surface area (Å²) in [4.78, 5) is 9.33. The predicted octanol–water partition coefficient (Wildman–Crippen LogP) is 1.98. The zero-order valence-electron chi connectivity index (χ0n) is 13.0. The third kappa shape index (κ3) is 3.54. The number of rotatable bonds is 3. The Bertz CT molecular complexity index is 449. The highest BCUT2D eigenvalue weighted by molar-refractivity contribution is 5.55. The van der Waals surface area contributed by atoms with E-state index in [-0.39, 0.29) is 6.10 Å². The number of anilines is 2. The average molecular weight is 278 g/mol. The van der Waals surface area contributed by atoms with Gasteiger partial charge in [-0.05, 0) is 52.9 Å². The molecule has 112 valence electrons. The van der Waals surface area contributed by atoms with E-state index in [9.17, 15) is 0 Å². The number of hydrogen-bond donors (Lipinski definition) is 1. The van der Waals surface area contributed by atoms with Gasteiger partial charge in [-0.1, -0.05) is 0 Å². The maximum absolute atomic E-state index is 5.94. The smallest absolute Gasteiger partial charge is 0.239 e. The molecule has 1 unspecified atom stereocenters. The third-order valence-corrected chi connectivity index (χ3v) is 3.56. The lowest BCUT2D eigenvalue weighted by Crippen LogP contribution is -2.38. The van der Waals surface area contributed by atoms with Gasteiger partial charge in [0.05, 0.1) is 11.8 Å². The molecule has 0 amide bonds. The fourth-order valence-corrected chi connectivity index (χ4v) is 2.63. The molecule has 5 nitrogen and oxygen atoms in total. The summed E-state index contributed by atoms with van der Waals surface area (Å²) in [6, 6.07) is 4.32. The molecule has 0 aliphatic carbocycles. The third-order valence-electron chi connectivity index (χ3n) is 3.56.